The normalized spacial score (nSPS) is 40.1. The summed E-state index contributed by atoms with van der Waals surface area (Å²) in [6.07, 6.45) is 13.5. The first kappa shape index (κ1) is 18.0. The molecule has 2 aliphatic carbocycles. The maximum absolute atomic E-state index is 12.9. The molecule has 2 aliphatic heterocycles. The van der Waals surface area contributed by atoms with Crippen LogP contribution in [-0.2, 0) is 4.79 Å². The number of nitrogens with one attached hydrogen (secondary N) is 1. The zero-order valence-corrected chi connectivity index (χ0v) is 15.3. The zero-order valence-electron chi connectivity index (χ0n) is 13.7. The minimum absolute atomic E-state index is 0. The van der Waals surface area contributed by atoms with Crippen molar-refractivity contribution in [3.8, 4) is 0 Å². The molecule has 24 heavy (non-hydrogen) atoms. The number of thioether (sulfide) groups is 1. The van der Waals surface area contributed by atoms with Crippen molar-refractivity contribution in [2.24, 2.45) is 16.8 Å². The van der Waals surface area contributed by atoms with Crippen molar-refractivity contribution in [1.82, 2.24) is 5.32 Å². The Balaban J connectivity index is 0.00000169. The maximum atomic E-state index is 12.9. The van der Waals surface area contributed by atoms with Crippen LogP contribution >= 0.6 is 24.2 Å². The molecule has 4 nitrogen and oxygen atoms in total. The summed E-state index contributed by atoms with van der Waals surface area (Å²) in [6, 6.07) is 0.242. The molecule has 3 atom stereocenters. The number of carbonyl (C=O) groups is 1. The largest absolute Gasteiger partial charge is 0.393 e. The van der Waals surface area contributed by atoms with Crippen LogP contribution in [0.1, 0.15) is 38.5 Å². The SMILES string of the molecule is Cl.O=C(NC1CCC(O)CC1)C1CS[C@@]23CC=CC=C2N=CC[C@@H]13. The number of aliphatic hydroxyl groups is 1. The number of nitrogens with zero attached hydrogens (tertiary/aromatic N) is 1. The lowest BCUT2D eigenvalue weighted by molar-refractivity contribution is -0.127. The summed E-state index contributed by atoms with van der Waals surface area (Å²) in [7, 11) is 0. The minimum atomic E-state index is -0.176. The Labute approximate surface area is 153 Å². The number of aliphatic imine (C=N–C) groups is 1. The van der Waals surface area contributed by atoms with Crippen molar-refractivity contribution < 1.29 is 9.90 Å². The molecule has 2 N–H and O–H groups in total. The van der Waals surface area contributed by atoms with Crippen molar-refractivity contribution in [3.63, 3.8) is 0 Å². The fourth-order valence-corrected chi connectivity index (χ4v) is 6.29. The Morgan fingerprint density at radius 2 is 2.12 bits per heavy atom. The highest BCUT2D eigenvalue weighted by Gasteiger charge is 2.54. The average Bonchev–Trinajstić information content (AvgIpc) is 2.95. The van der Waals surface area contributed by atoms with Crippen LogP contribution in [0.2, 0.25) is 0 Å². The van der Waals surface area contributed by atoms with E-state index in [1.54, 1.807) is 0 Å². The van der Waals surface area contributed by atoms with E-state index in [9.17, 15) is 9.90 Å². The lowest BCUT2D eigenvalue weighted by atomic mass is 9.73. The number of hydrogen-bond acceptors (Lipinski definition) is 4. The van der Waals surface area contributed by atoms with Gasteiger partial charge in [0.1, 0.15) is 0 Å². The highest BCUT2D eigenvalue weighted by molar-refractivity contribution is 8.01. The monoisotopic (exact) mass is 368 g/mol. The van der Waals surface area contributed by atoms with Crippen LogP contribution in [0.4, 0.5) is 0 Å². The van der Waals surface area contributed by atoms with Gasteiger partial charge in [-0.15, -0.1) is 24.2 Å². The van der Waals surface area contributed by atoms with Gasteiger partial charge in [0.05, 0.1) is 22.5 Å². The van der Waals surface area contributed by atoms with Gasteiger partial charge in [-0.05, 0) is 50.5 Å². The molecular formula is C18H25ClN2O2S. The third-order valence-corrected chi connectivity index (χ3v) is 7.54. The highest BCUT2D eigenvalue weighted by Crippen LogP contribution is 2.57. The summed E-state index contributed by atoms with van der Waals surface area (Å²) < 4.78 is 0.0221. The molecule has 1 spiro atoms. The zero-order chi connectivity index (χ0) is 15.9. The second-order valence-corrected chi connectivity index (χ2v) is 8.51. The Bertz CT molecular complexity index is 584. The van der Waals surface area contributed by atoms with Crippen molar-refractivity contribution >= 4 is 36.3 Å². The van der Waals surface area contributed by atoms with Gasteiger partial charge in [-0.3, -0.25) is 9.79 Å². The van der Waals surface area contributed by atoms with E-state index in [1.165, 1.54) is 0 Å². The first-order chi connectivity index (χ1) is 11.2. The van der Waals surface area contributed by atoms with Crippen LogP contribution in [0, 0.1) is 11.8 Å². The number of rotatable bonds is 2. The van der Waals surface area contributed by atoms with E-state index in [2.05, 4.69) is 28.5 Å². The summed E-state index contributed by atoms with van der Waals surface area (Å²) in [6.45, 7) is 0. The molecule has 6 heteroatoms. The van der Waals surface area contributed by atoms with Gasteiger partial charge in [-0.25, -0.2) is 0 Å². The average molecular weight is 369 g/mol. The summed E-state index contributed by atoms with van der Waals surface area (Å²) >= 11 is 1.92. The van der Waals surface area contributed by atoms with Crippen LogP contribution < -0.4 is 5.32 Å². The molecule has 2 fully saturated rings. The molecule has 0 bridgehead atoms. The third kappa shape index (κ3) is 3.06. The van der Waals surface area contributed by atoms with E-state index in [0.717, 1.165) is 50.0 Å². The summed E-state index contributed by atoms with van der Waals surface area (Å²) in [5.41, 5.74) is 1.15. The minimum Gasteiger partial charge on any atom is -0.393 e. The molecule has 0 aromatic heterocycles. The Morgan fingerprint density at radius 1 is 1.33 bits per heavy atom. The lowest BCUT2D eigenvalue weighted by Crippen LogP contribution is -2.46. The quantitative estimate of drug-likeness (QED) is 0.787. The van der Waals surface area contributed by atoms with E-state index in [1.807, 2.05) is 18.0 Å². The van der Waals surface area contributed by atoms with Gasteiger partial charge in [0.25, 0.3) is 0 Å². The molecule has 132 valence electrons. The second kappa shape index (κ2) is 7.22. The van der Waals surface area contributed by atoms with Crippen molar-refractivity contribution in [2.45, 2.75) is 55.4 Å². The first-order valence-electron chi connectivity index (χ1n) is 8.71. The topological polar surface area (TPSA) is 61.7 Å². The molecule has 1 saturated heterocycles. The smallest absolute Gasteiger partial charge is 0.224 e. The van der Waals surface area contributed by atoms with Gasteiger partial charge >= 0.3 is 0 Å². The summed E-state index contributed by atoms with van der Waals surface area (Å²) in [5, 5.41) is 12.9. The molecule has 0 radical (unpaired) electrons. The van der Waals surface area contributed by atoms with Crippen LogP contribution in [0.3, 0.4) is 0 Å². The number of hydrogen-bond donors (Lipinski definition) is 2. The van der Waals surface area contributed by atoms with Crippen molar-refractivity contribution in [3.05, 3.63) is 23.9 Å². The van der Waals surface area contributed by atoms with Gasteiger partial charge in [0.2, 0.25) is 5.91 Å². The molecule has 4 rings (SSSR count). The van der Waals surface area contributed by atoms with Crippen molar-refractivity contribution in [2.75, 3.05) is 5.75 Å². The summed E-state index contributed by atoms with van der Waals surface area (Å²) in [4.78, 5) is 17.5. The lowest BCUT2D eigenvalue weighted by Gasteiger charge is -2.39. The highest BCUT2D eigenvalue weighted by atomic mass is 35.5. The molecule has 4 aliphatic rings. The van der Waals surface area contributed by atoms with Gasteiger partial charge in [0, 0.05) is 18.0 Å². The fourth-order valence-electron chi connectivity index (χ4n) is 4.47. The van der Waals surface area contributed by atoms with Gasteiger partial charge in [-0.2, -0.15) is 0 Å². The van der Waals surface area contributed by atoms with Gasteiger partial charge < -0.3 is 10.4 Å². The second-order valence-electron chi connectivity index (χ2n) is 7.16. The van der Waals surface area contributed by atoms with Crippen LogP contribution in [0.25, 0.3) is 0 Å². The van der Waals surface area contributed by atoms with E-state index in [0.29, 0.717) is 5.92 Å². The Morgan fingerprint density at radius 3 is 2.92 bits per heavy atom. The Kier molecular flexibility index (Phi) is 5.42. The molecule has 1 saturated carbocycles. The first-order valence-corrected chi connectivity index (χ1v) is 9.70. The summed E-state index contributed by atoms with van der Waals surface area (Å²) in [5.74, 6) is 1.54. The van der Waals surface area contributed by atoms with E-state index < -0.39 is 0 Å². The molecule has 1 amide bonds. The van der Waals surface area contributed by atoms with Crippen LogP contribution in [0.15, 0.2) is 28.9 Å². The van der Waals surface area contributed by atoms with Gasteiger partial charge in [-0.1, -0.05) is 12.2 Å². The third-order valence-electron chi connectivity index (χ3n) is 5.82. The van der Waals surface area contributed by atoms with Gasteiger partial charge in [0.15, 0.2) is 0 Å². The predicted molar refractivity (Wildman–Crippen MR) is 101 cm³/mol. The molecule has 2 heterocycles. The Hall–Kier alpha value is -0.780. The van der Waals surface area contributed by atoms with E-state index in [-0.39, 0.29) is 41.1 Å². The molecule has 0 aromatic rings. The van der Waals surface area contributed by atoms with Crippen molar-refractivity contribution in [1.29, 1.82) is 0 Å². The number of halogens is 1. The standard InChI is InChI=1S/C18H24N2O2S.ClH/c21-13-6-4-12(5-7-13)20-17(22)14-11-23-18-9-2-1-3-16(18)19-10-8-15(14)18;/h1-3,10,12-15,21H,4-9,11H2,(H,20,22);1H/t12?,13?,14?,15-,18+;/m0./s1. The number of allylic oxidation sites excluding steroid dienone is 3. The number of carbonyl (C=O) groups excluding carboxylic acids is 1. The van der Waals surface area contributed by atoms with Crippen LogP contribution in [-0.4, -0.2) is 39.9 Å². The predicted octanol–water partition coefficient (Wildman–Crippen LogP) is 2.86. The maximum Gasteiger partial charge on any atom is 0.224 e. The molecule has 1 unspecified atom stereocenters. The van der Waals surface area contributed by atoms with E-state index >= 15 is 0 Å². The fraction of sp³-hybridized carbons (Fsp3) is 0.667. The number of amides is 1. The number of aliphatic hydroxyl groups excluding tert-OH is 1. The molecule has 0 aromatic carbocycles. The molecular weight excluding hydrogens is 344 g/mol. The van der Waals surface area contributed by atoms with E-state index in [4.69, 9.17) is 0 Å². The van der Waals surface area contributed by atoms with Crippen LogP contribution in [0.5, 0.6) is 0 Å².